The highest BCUT2D eigenvalue weighted by Crippen LogP contribution is 2.27. The normalized spacial score (nSPS) is 20.2. The molecule has 0 aliphatic carbocycles. The van der Waals surface area contributed by atoms with E-state index in [4.69, 9.17) is 5.73 Å². The zero-order valence-electron chi connectivity index (χ0n) is 11.2. The molecule has 18 heavy (non-hydrogen) atoms. The number of anilines is 1. The SMILES string of the molecule is CCC1CCCN(c2ccc(CCN)cc2F)C1. The van der Waals surface area contributed by atoms with Crippen molar-refractivity contribution in [2.24, 2.45) is 11.7 Å². The van der Waals surface area contributed by atoms with Gasteiger partial charge in [0.25, 0.3) is 0 Å². The third-order valence-electron chi connectivity index (χ3n) is 3.88. The summed E-state index contributed by atoms with van der Waals surface area (Å²) in [5.74, 6) is 0.611. The van der Waals surface area contributed by atoms with Gasteiger partial charge in [0.2, 0.25) is 0 Å². The van der Waals surface area contributed by atoms with Gasteiger partial charge in [0.15, 0.2) is 0 Å². The zero-order chi connectivity index (χ0) is 13.0. The van der Waals surface area contributed by atoms with E-state index in [1.165, 1.54) is 19.3 Å². The van der Waals surface area contributed by atoms with Crippen LogP contribution in [-0.2, 0) is 6.42 Å². The zero-order valence-corrected chi connectivity index (χ0v) is 11.2. The maximum atomic E-state index is 14.1. The Morgan fingerprint density at radius 3 is 2.94 bits per heavy atom. The summed E-state index contributed by atoms with van der Waals surface area (Å²) >= 11 is 0. The summed E-state index contributed by atoms with van der Waals surface area (Å²) in [6.45, 7) is 4.75. The lowest BCUT2D eigenvalue weighted by atomic mass is 9.95. The van der Waals surface area contributed by atoms with Gasteiger partial charge in [-0.05, 0) is 49.4 Å². The van der Waals surface area contributed by atoms with E-state index in [2.05, 4.69) is 11.8 Å². The van der Waals surface area contributed by atoms with Gasteiger partial charge in [-0.15, -0.1) is 0 Å². The van der Waals surface area contributed by atoms with Gasteiger partial charge < -0.3 is 10.6 Å². The van der Waals surface area contributed by atoms with Crippen molar-refractivity contribution in [2.45, 2.75) is 32.6 Å². The van der Waals surface area contributed by atoms with Crippen molar-refractivity contribution in [3.05, 3.63) is 29.6 Å². The number of piperidine rings is 1. The fourth-order valence-corrected chi connectivity index (χ4v) is 2.75. The van der Waals surface area contributed by atoms with Crippen molar-refractivity contribution in [2.75, 3.05) is 24.5 Å². The second-order valence-corrected chi connectivity index (χ2v) is 5.19. The molecule has 0 saturated carbocycles. The minimum absolute atomic E-state index is 0.0993. The van der Waals surface area contributed by atoms with Crippen LogP contribution in [0.1, 0.15) is 31.7 Å². The van der Waals surface area contributed by atoms with Crippen molar-refractivity contribution >= 4 is 5.69 Å². The molecule has 0 radical (unpaired) electrons. The van der Waals surface area contributed by atoms with Crippen molar-refractivity contribution in [1.82, 2.24) is 0 Å². The molecular formula is C15H23FN2. The third kappa shape index (κ3) is 3.02. The van der Waals surface area contributed by atoms with E-state index in [9.17, 15) is 4.39 Å². The van der Waals surface area contributed by atoms with Crippen LogP contribution in [-0.4, -0.2) is 19.6 Å². The third-order valence-corrected chi connectivity index (χ3v) is 3.88. The second-order valence-electron chi connectivity index (χ2n) is 5.19. The van der Waals surface area contributed by atoms with Crippen LogP contribution in [0.2, 0.25) is 0 Å². The standard InChI is InChI=1S/C15H23FN2/c1-2-12-4-3-9-18(11-12)15-6-5-13(7-8-17)10-14(15)16/h5-6,10,12H,2-4,7-9,11,17H2,1H3. The number of benzene rings is 1. The van der Waals surface area contributed by atoms with Crippen LogP contribution in [0, 0.1) is 11.7 Å². The summed E-state index contributed by atoms with van der Waals surface area (Å²) in [4.78, 5) is 2.19. The Bertz CT molecular complexity index is 392. The molecule has 0 spiro atoms. The van der Waals surface area contributed by atoms with Gasteiger partial charge in [-0.25, -0.2) is 4.39 Å². The molecule has 1 aliphatic rings. The van der Waals surface area contributed by atoms with Crippen molar-refractivity contribution < 1.29 is 4.39 Å². The molecule has 3 heteroatoms. The molecule has 0 amide bonds. The molecule has 2 N–H and O–H groups in total. The average Bonchev–Trinajstić information content (AvgIpc) is 2.39. The molecule has 1 aliphatic heterocycles. The Balaban J connectivity index is 2.12. The largest absolute Gasteiger partial charge is 0.369 e. The molecule has 1 aromatic rings. The van der Waals surface area contributed by atoms with Gasteiger partial charge in [0.05, 0.1) is 5.69 Å². The fraction of sp³-hybridized carbons (Fsp3) is 0.600. The van der Waals surface area contributed by atoms with Crippen molar-refractivity contribution in [1.29, 1.82) is 0 Å². The first-order valence-corrected chi connectivity index (χ1v) is 6.98. The molecule has 1 unspecified atom stereocenters. The quantitative estimate of drug-likeness (QED) is 0.890. The van der Waals surface area contributed by atoms with Crippen LogP contribution in [0.3, 0.4) is 0 Å². The first-order chi connectivity index (χ1) is 8.74. The highest BCUT2D eigenvalue weighted by molar-refractivity contribution is 5.49. The smallest absolute Gasteiger partial charge is 0.146 e. The molecule has 1 fully saturated rings. The van der Waals surface area contributed by atoms with E-state index in [1.807, 2.05) is 12.1 Å². The van der Waals surface area contributed by atoms with Crippen LogP contribution in [0.4, 0.5) is 10.1 Å². The van der Waals surface area contributed by atoms with Gasteiger partial charge in [0.1, 0.15) is 5.82 Å². The molecular weight excluding hydrogens is 227 g/mol. The van der Waals surface area contributed by atoms with E-state index >= 15 is 0 Å². The number of nitrogens with zero attached hydrogens (tertiary/aromatic N) is 1. The number of halogens is 1. The predicted molar refractivity (Wildman–Crippen MR) is 74.4 cm³/mol. The van der Waals surface area contributed by atoms with Gasteiger partial charge >= 0.3 is 0 Å². The number of hydrogen-bond acceptors (Lipinski definition) is 2. The molecule has 1 heterocycles. The van der Waals surface area contributed by atoms with E-state index in [0.29, 0.717) is 12.5 Å². The Kier molecular flexibility index (Phi) is 4.59. The van der Waals surface area contributed by atoms with Crippen LogP contribution >= 0.6 is 0 Å². The van der Waals surface area contributed by atoms with Crippen molar-refractivity contribution in [3.63, 3.8) is 0 Å². The Morgan fingerprint density at radius 2 is 2.28 bits per heavy atom. The Morgan fingerprint density at radius 1 is 1.44 bits per heavy atom. The molecule has 0 aromatic heterocycles. The van der Waals surface area contributed by atoms with E-state index in [0.717, 1.165) is 30.8 Å². The molecule has 1 atom stereocenters. The Labute approximate surface area is 109 Å². The van der Waals surface area contributed by atoms with Crippen LogP contribution in [0.25, 0.3) is 0 Å². The lowest BCUT2D eigenvalue weighted by molar-refractivity contribution is 0.401. The van der Waals surface area contributed by atoms with Gasteiger partial charge in [-0.2, -0.15) is 0 Å². The second kappa shape index (κ2) is 6.19. The first-order valence-electron chi connectivity index (χ1n) is 6.98. The molecule has 0 bridgehead atoms. The summed E-state index contributed by atoms with van der Waals surface area (Å²) in [5, 5.41) is 0. The number of hydrogen-bond donors (Lipinski definition) is 1. The number of rotatable bonds is 4. The number of nitrogens with two attached hydrogens (primary N) is 1. The monoisotopic (exact) mass is 250 g/mol. The van der Waals surface area contributed by atoms with Crippen LogP contribution in [0.5, 0.6) is 0 Å². The summed E-state index contributed by atoms with van der Waals surface area (Å²) < 4.78 is 14.1. The van der Waals surface area contributed by atoms with Crippen LogP contribution < -0.4 is 10.6 Å². The van der Waals surface area contributed by atoms with Crippen LogP contribution in [0.15, 0.2) is 18.2 Å². The molecule has 1 aromatic carbocycles. The highest BCUT2D eigenvalue weighted by Gasteiger charge is 2.20. The minimum Gasteiger partial charge on any atom is -0.369 e. The molecule has 2 rings (SSSR count). The van der Waals surface area contributed by atoms with E-state index in [1.54, 1.807) is 6.07 Å². The average molecular weight is 250 g/mol. The summed E-state index contributed by atoms with van der Waals surface area (Å²) in [5.41, 5.74) is 7.24. The van der Waals surface area contributed by atoms with E-state index in [-0.39, 0.29) is 5.82 Å². The summed E-state index contributed by atoms with van der Waals surface area (Å²) in [6.07, 6.45) is 4.38. The summed E-state index contributed by atoms with van der Waals surface area (Å²) in [7, 11) is 0. The summed E-state index contributed by atoms with van der Waals surface area (Å²) in [6, 6.07) is 5.55. The first kappa shape index (κ1) is 13.3. The lowest BCUT2D eigenvalue weighted by Crippen LogP contribution is -2.35. The maximum absolute atomic E-state index is 14.1. The Hall–Kier alpha value is -1.09. The van der Waals surface area contributed by atoms with Gasteiger partial charge in [0, 0.05) is 13.1 Å². The topological polar surface area (TPSA) is 29.3 Å². The highest BCUT2D eigenvalue weighted by atomic mass is 19.1. The van der Waals surface area contributed by atoms with E-state index < -0.39 is 0 Å². The molecule has 100 valence electrons. The fourth-order valence-electron chi connectivity index (χ4n) is 2.75. The maximum Gasteiger partial charge on any atom is 0.146 e. The molecule has 2 nitrogen and oxygen atoms in total. The molecule has 1 saturated heterocycles. The predicted octanol–water partition coefficient (Wildman–Crippen LogP) is 2.95. The van der Waals surface area contributed by atoms with Gasteiger partial charge in [-0.3, -0.25) is 0 Å². The van der Waals surface area contributed by atoms with Gasteiger partial charge in [-0.1, -0.05) is 19.4 Å². The minimum atomic E-state index is -0.0993. The van der Waals surface area contributed by atoms with Crippen molar-refractivity contribution in [3.8, 4) is 0 Å². The lowest BCUT2D eigenvalue weighted by Gasteiger charge is -2.34.